The smallest absolute Gasteiger partial charge is 0.258 e. The zero-order chi connectivity index (χ0) is 32.2. The fraction of sp³-hybridized carbons (Fsp3) is 0.294. The summed E-state index contributed by atoms with van der Waals surface area (Å²) in [5, 5.41) is 8.59. The van der Waals surface area contributed by atoms with E-state index >= 15 is 0 Å². The van der Waals surface area contributed by atoms with Gasteiger partial charge < -0.3 is 29.7 Å². The highest BCUT2D eigenvalue weighted by molar-refractivity contribution is 7.09. The number of likely N-dealkylation sites (tertiary alicyclic amines) is 1. The number of piperidine rings is 1. The number of methoxy groups -OCH3 is 1. The highest BCUT2D eigenvalue weighted by Gasteiger charge is 2.35. The fourth-order valence-corrected chi connectivity index (χ4v) is 6.25. The molecule has 6 rings (SSSR count). The molecule has 3 aromatic carbocycles. The van der Waals surface area contributed by atoms with Crippen molar-refractivity contribution in [1.82, 2.24) is 20.5 Å². The van der Waals surface area contributed by atoms with Crippen LogP contribution in [0.4, 0.5) is 4.39 Å². The van der Waals surface area contributed by atoms with Crippen molar-refractivity contribution in [3.8, 4) is 28.4 Å². The normalized spacial score (nSPS) is 18.4. The van der Waals surface area contributed by atoms with Crippen LogP contribution >= 0.6 is 11.3 Å². The highest BCUT2D eigenvalue weighted by Crippen LogP contribution is 2.33. The Morgan fingerprint density at radius 1 is 1.11 bits per heavy atom. The van der Waals surface area contributed by atoms with Gasteiger partial charge in [0.25, 0.3) is 11.8 Å². The Balaban J connectivity index is 1.34. The van der Waals surface area contributed by atoms with Gasteiger partial charge in [-0.1, -0.05) is 12.1 Å². The lowest BCUT2D eigenvalue weighted by Gasteiger charge is -2.39. The Kier molecular flexibility index (Phi) is 9.16. The number of carbonyl (C=O) groups is 3. The summed E-state index contributed by atoms with van der Waals surface area (Å²) >= 11 is 1.49. The van der Waals surface area contributed by atoms with E-state index in [-0.39, 0.29) is 49.6 Å². The van der Waals surface area contributed by atoms with Crippen molar-refractivity contribution in [1.29, 1.82) is 0 Å². The molecule has 46 heavy (non-hydrogen) atoms. The summed E-state index contributed by atoms with van der Waals surface area (Å²) in [4.78, 5) is 45.8. The fourth-order valence-electron chi connectivity index (χ4n) is 5.64. The average Bonchev–Trinajstić information content (AvgIpc) is 3.46. The minimum absolute atomic E-state index is 0.0581. The number of thiazole rings is 1. The molecule has 2 aliphatic rings. The number of aryl methyl sites for hydroxylation is 1. The average molecular weight is 645 g/mol. The van der Waals surface area contributed by atoms with Crippen LogP contribution in [0.25, 0.3) is 11.1 Å². The van der Waals surface area contributed by atoms with Gasteiger partial charge in [0.2, 0.25) is 5.91 Å². The third kappa shape index (κ3) is 7.28. The lowest BCUT2D eigenvalue weighted by atomic mass is 9.99. The van der Waals surface area contributed by atoms with Gasteiger partial charge in [-0.3, -0.25) is 14.4 Å². The Labute approximate surface area is 269 Å². The molecule has 0 spiro atoms. The van der Waals surface area contributed by atoms with Crippen LogP contribution in [0.1, 0.15) is 33.0 Å². The van der Waals surface area contributed by atoms with Gasteiger partial charge in [0.1, 0.15) is 29.2 Å². The number of hydrogen-bond acceptors (Lipinski definition) is 8. The van der Waals surface area contributed by atoms with Crippen molar-refractivity contribution in [3.63, 3.8) is 0 Å². The second-order valence-corrected chi connectivity index (χ2v) is 12.3. The highest BCUT2D eigenvalue weighted by atomic mass is 32.1. The number of nitrogens with zero attached hydrogens (tertiary/aromatic N) is 2. The summed E-state index contributed by atoms with van der Waals surface area (Å²) in [6.07, 6.45) is -0.0170. The van der Waals surface area contributed by atoms with Gasteiger partial charge in [0.15, 0.2) is 6.61 Å². The number of halogens is 1. The first-order valence-electron chi connectivity index (χ1n) is 14.9. The number of aromatic nitrogens is 1. The third-order valence-electron chi connectivity index (χ3n) is 7.90. The molecule has 3 heterocycles. The maximum absolute atomic E-state index is 14.7. The van der Waals surface area contributed by atoms with Gasteiger partial charge in [-0.2, -0.15) is 0 Å². The molecular weight excluding hydrogens is 611 g/mol. The van der Waals surface area contributed by atoms with Crippen molar-refractivity contribution < 1.29 is 33.0 Å². The van der Waals surface area contributed by atoms with Crippen molar-refractivity contribution in [2.45, 2.75) is 38.5 Å². The van der Waals surface area contributed by atoms with Gasteiger partial charge in [-0.25, -0.2) is 9.37 Å². The van der Waals surface area contributed by atoms with Crippen LogP contribution in [-0.2, 0) is 22.6 Å². The molecule has 238 valence electrons. The van der Waals surface area contributed by atoms with Crippen LogP contribution in [0.15, 0.2) is 66.0 Å². The Morgan fingerprint density at radius 2 is 1.98 bits per heavy atom. The predicted molar refractivity (Wildman–Crippen MR) is 170 cm³/mol. The number of ether oxygens (including phenoxy) is 3. The molecule has 1 saturated heterocycles. The minimum atomic E-state index is -0.613. The molecule has 2 N–H and O–H groups in total. The number of amides is 3. The van der Waals surface area contributed by atoms with Crippen molar-refractivity contribution in [2.75, 3.05) is 26.8 Å². The second-order valence-electron chi connectivity index (χ2n) is 11.2. The first kappa shape index (κ1) is 31.0. The Bertz CT molecular complexity index is 1780. The maximum atomic E-state index is 14.7. The molecule has 1 aromatic heterocycles. The molecule has 1 fully saturated rings. The molecule has 6 bridgehead atoms. The number of nitrogens with one attached hydrogen (secondary N) is 2. The standard InChI is InChI=1S/C34H33FN4O6S/c1-20-37-25(19-46-20)15-33(41)39-9-8-31-29(17-39)38-34(42)23-6-7-30(43-2)28(13-23)22-4-3-5-26(12-22)44-18-32(40)36-16-21-10-24(35)14-27(11-21)45-31/h3-7,10-14,19,29,31H,8-9,15-18H2,1-2H3,(H,36,40)(H,38,42)/t29-,31-/m1/s1. The number of rotatable bonds is 3. The van der Waals surface area contributed by atoms with E-state index in [2.05, 4.69) is 15.6 Å². The van der Waals surface area contributed by atoms with E-state index in [1.54, 1.807) is 54.5 Å². The van der Waals surface area contributed by atoms with Crippen molar-refractivity contribution >= 4 is 29.1 Å². The number of benzene rings is 3. The molecule has 2 atom stereocenters. The van der Waals surface area contributed by atoms with Gasteiger partial charge in [-0.15, -0.1) is 11.3 Å². The van der Waals surface area contributed by atoms with Gasteiger partial charge >= 0.3 is 0 Å². The SMILES string of the molecule is COc1ccc2cc1-c1cccc(c1)OCC(=O)NCc1cc(F)cc(c1)O[C@@H]1CCN(C(=O)Cc3csc(C)n3)C[C@H]1NC2=O. The molecule has 4 aromatic rings. The van der Waals surface area contributed by atoms with E-state index in [0.29, 0.717) is 46.8 Å². The molecule has 0 aliphatic carbocycles. The zero-order valence-electron chi connectivity index (χ0n) is 25.4. The first-order valence-corrected chi connectivity index (χ1v) is 15.8. The van der Waals surface area contributed by atoms with Crippen LogP contribution < -0.4 is 24.8 Å². The summed E-state index contributed by atoms with van der Waals surface area (Å²) in [7, 11) is 1.55. The molecule has 3 amide bonds. The third-order valence-corrected chi connectivity index (χ3v) is 8.72. The Hall–Kier alpha value is -4.97. The molecule has 10 nitrogen and oxygen atoms in total. The molecule has 2 aliphatic heterocycles. The molecule has 0 saturated carbocycles. The summed E-state index contributed by atoms with van der Waals surface area (Å²) in [5.41, 5.74) is 2.95. The number of fused-ring (bicyclic) bond motifs is 8. The monoisotopic (exact) mass is 644 g/mol. The minimum Gasteiger partial charge on any atom is -0.496 e. The summed E-state index contributed by atoms with van der Waals surface area (Å²) in [6, 6.07) is 15.8. The maximum Gasteiger partial charge on any atom is 0.258 e. The van der Waals surface area contributed by atoms with E-state index in [0.717, 1.165) is 10.6 Å². The van der Waals surface area contributed by atoms with Crippen LogP contribution in [0.2, 0.25) is 0 Å². The van der Waals surface area contributed by atoms with Gasteiger partial charge in [0.05, 0.1) is 30.3 Å². The van der Waals surface area contributed by atoms with Gasteiger partial charge in [-0.05, 0) is 60.5 Å². The van der Waals surface area contributed by atoms with Crippen LogP contribution in [0.5, 0.6) is 17.2 Å². The first-order chi connectivity index (χ1) is 22.2. The van der Waals surface area contributed by atoms with E-state index < -0.39 is 18.0 Å². The van der Waals surface area contributed by atoms with Crippen LogP contribution in [0.3, 0.4) is 0 Å². The van der Waals surface area contributed by atoms with E-state index in [1.165, 1.54) is 23.5 Å². The predicted octanol–water partition coefficient (Wildman–Crippen LogP) is 4.30. The molecule has 12 heteroatoms. The largest absolute Gasteiger partial charge is 0.496 e. The van der Waals surface area contributed by atoms with E-state index in [4.69, 9.17) is 14.2 Å². The van der Waals surface area contributed by atoms with Crippen LogP contribution in [-0.4, -0.2) is 66.6 Å². The van der Waals surface area contributed by atoms with Crippen LogP contribution in [0, 0.1) is 12.7 Å². The lowest BCUT2D eigenvalue weighted by Crippen LogP contribution is -2.58. The lowest BCUT2D eigenvalue weighted by molar-refractivity contribution is -0.133. The molecule has 0 radical (unpaired) electrons. The number of hydrogen-bond donors (Lipinski definition) is 2. The quantitative estimate of drug-likeness (QED) is 0.342. The van der Waals surface area contributed by atoms with Crippen molar-refractivity contribution in [2.24, 2.45) is 0 Å². The Morgan fingerprint density at radius 3 is 2.78 bits per heavy atom. The van der Waals surface area contributed by atoms with E-state index in [9.17, 15) is 18.8 Å². The second kappa shape index (κ2) is 13.6. The molecular formula is C34H33FN4O6S. The molecule has 0 unspecified atom stereocenters. The topological polar surface area (TPSA) is 119 Å². The summed E-state index contributed by atoms with van der Waals surface area (Å²) in [6.45, 7) is 2.28. The van der Waals surface area contributed by atoms with E-state index in [1.807, 2.05) is 18.4 Å². The summed E-state index contributed by atoms with van der Waals surface area (Å²) < 4.78 is 32.3. The number of carbonyl (C=O) groups excluding carboxylic acids is 3. The zero-order valence-corrected chi connectivity index (χ0v) is 26.2. The summed E-state index contributed by atoms with van der Waals surface area (Å²) in [5.74, 6) is -0.132. The van der Waals surface area contributed by atoms with Gasteiger partial charge in [0, 0.05) is 48.6 Å². The van der Waals surface area contributed by atoms with Crippen molar-refractivity contribution in [3.05, 3.63) is 93.7 Å².